The number of nitrogens with two attached hydrogens (primary N) is 1. The lowest BCUT2D eigenvalue weighted by Crippen LogP contribution is -2.56. The summed E-state index contributed by atoms with van der Waals surface area (Å²) in [5.74, 6) is 0.0676. The Bertz CT molecular complexity index is 1380. The monoisotopic (exact) mass is 670 g/mol. The quantitative estimate of drug-likeness (QED) is 0.375. The Labute approximate surface area is 281 Å². The fraction of sp³-hybridized carbons (Fsp3) is 0.559. The van der Waals surface area contributed by atoms with Crippen LogP contribution in [0.25, 0.3) is 0 Å². The number of piperazine rings is 1. The first-order valence-corrected chi connectivity index (χ1v) is 17.0. The number of aryl methyl sites for hydroxylation is 1. The summed E-state index contributed by atoms with van der Waals surface area (Å²) in [6, 6.07) is 11.4. The topological polar surface area (TPSA) is 152 Å². The van der Waals surface area contributed by atoms with E-state index in [1.165, 1.54) is 4.90 Å². The molecule has 0 spiro atoms. The molecule has 4 amide bonds. The van der Waals surface area contributed by atoms with Crippen LogP contribution >= 0.6 is 11.6 Å². The number of carboxylic acid groups (broad SMARTS) is 1. The van der Waals surface area contributed by atoms with Crippen LogP contribution in [0.1, 0.15) is 42.4 Å². The molecule has 4 heterocycles. The first kappa shape index (κ1) is 34.7. The standard InChI is InChI=1S/C19H28ClN3O3.C15H19N3O3/c1-13-10-14(11-16(20)18(13)24)12-17(21)19(25)23-6-4-22(5-7-23)15-2-8-26-9-3-15;19-14-16-13-4-2-1-3-11(13)5-10-18(14)12-6-8-17(9-7-12)15(20)21/h10-11,15,17,24H,2-9,12,21H2,1H3;1-4,12H,5-10H2,(H,16,19)(H,20,21)/t17-;/m1./s1. The number of anilines is 1. The zero-order chi connectivity index (χ0) is 33.5. The first-order valence-electron chi connectivity index (χ1n) is 16.6. The number of hydrogen-bond acceptors (Lipinski definition) is 7. The van der Waals surface area contributed by atoms with Crippen LogP contribution in [0.2, 0.25) is 5.02 Å². The van der Waals surface area contributed by atoms with Crippen LogP contribution in [0, 0.1) is 6.92 Å². The third kappa shape index (κ3) is 8.86. The second-order valence-electron chi connectivity index (χ2n) is 12.8. The van der Waals surface area contributed by atoms with Crippen molar-refractivity contribution < 1.29 is 29.3 Å². The average molecular weight is 671 g/mol. The lowest BCUT2D eigenvalue weighted by Gasteiger charge is -2.41. The number of amides is 4. The van der Waals surface area contributed by atoms with Gasteiger partial charge in [0.2, 0.25) is 5.91 Å². The Hall–Kier alpha value is -3.58. The van der Waals surface area contributed by atoms with Crippen LogP contribution in [0.3, 0.4) is 0 Å². The minimum Gasteiger partial charge on any atom is -0.506 e. The Morgan fingerprint density at radius 3 is 2.32 bits per heavy atom. The van der Waals surface area contributed by atoms with Crippen molar-refractivity contribution in [1.82, 2.24) is 19.6 Å². The molecule has 256 valence electrons. The molecule has 0 aromatic heterocycles. The Morgan fingerprint density at radius 1 is 0.979 bits per heavy atom. The van der Waals surface area contributed by atoms with Crippen molar-refractivity contribution in [1.29, 1.82) is 0 Å². The number of halogens is 1. The van der Waals surface area contributed by atoms with Crippen LogP contribution in [0.5, 0.6) is 5.75 Å². The van der Waals surface area contributed by atoms with E-state index in [9.17, 15) is 19.5 Å². The summed E-state index contributed by atoms with van der Waals surface area (Å²) < 4.78 is 5.43. The van der Waals surface area contributed by atoms with Crippen LogP contribution in [0.4, 0.5) is 15.3 Å². The molecular weight excluding hydrogens is 624 g/mol. The third-order valence-corrected chi connectivity index (χ3v) is 10.0. The van der Waals surface area contributed by atoms with Crippen LogP contribution in [-0.2, 0) is 22.4 Å². The zero-order valence-corrected chi connectivity index (χ0v) is 27.8. The number of likely N-dealkylation sites (tertiary alicyclic amines) is 1. The van der Waals surface area contributed by atoms with Gasteiger partial charge in [-0.1, -0.05) is 35.9 Å². The zero-order valence-electron chi connectivity index (χ0n) is 27.1. The average Bonchev–Trinajstić information content (AvgIpc) is 3.25. The number of ether oxygens (including phenoxy) is 1. The number of nitrogens with one attached hydrogen (secondary N) is 1. The maximum atomic E-state index is 12.7. The third-order valence-electron chi connectivity index (χ3n) is 9.74. The van der Waals surface area contributed by atoms with E-state index < -0.39 is 12.1 Å². The number of nitrogens with zero attached hydrogens (tertiary/aromatic N) is 4. The van der Waals surface area contributed by atoms with Crippen LogP contribution < -0.4 is 11.1 Å². The molecule has 3 fully saturated rings. The minimum absolute atomic E-state index is 0.0153. The van der Waals surface area contributed by atoms with Gasteiger partial charge in [-0.05, 0) is 74.3 Å². The van der Waals surface area contributed by atoms with Crippen molar-refractivity contribution in [3.63, 3.8) is 0 Å². The van der Waals surface area contributed by atoms with Crippen LogP contribution in [-0.4, -0.2) is 125 Å². The molecule has 0 aliphatic carbocycles. The Morgan fingerprint density at radius 2 is 1.66 bits per heavy atom. The molecule has 5 N–H and O–H groups in total. The predicted molar refractivity (Wildman–Crippen MR) is 180 cm³/mol. The number of rotatable bonds is 5. The van der Waals surface area contributed by atoms with E-state index in [2.05, 4.69) is 10.2 Å². The largest absolute Gasteiger partial charge is 0.506 e. The Balaban J connectivity index is 0.000000189. The summed E-state index contributed by atoms with van der Waals surface area (Å²) >= 11 is 6.02. The van der Waals surface area contributed by atoms with Gasteiger partial charge in [-0.15, -0.1) is 0 Å². The van der Waals surface area contributed by atoms with Crippen molar-refractivity contribution >= 4 is 35.3 Å². The number of para-hydroxylation sites is 1. The molecule has 1 atom stereocenters. The van der Waals surface area contributed by atoms with Gasteiger partial charge in [0.15, 0.2) is 0 Å². The van der Waals surface area contributed by atoms with E-state index >= 15 is 0 Å². The van der Waals surface area contributed by atoms with E-state index in [0.29, 0.717) is 55.5 Å². The normalized spacial score (nSPS) is 20.4. The molecule has 0 unspecified atom stereocenters. The van der Waals surface area contributed by atoms with Gasteiger partial charge >= 0.3 is 12.1 Å². The van der Waals surface area contributed by atoms with Gasteiger partial charge in [-0.3, -0.25) is 9.69 Å². The van der Waals surface area contributed by atoms with E-state index in [0.717, 1.165) is 75.5 Å². The van der Waals surface area contributed by atoms with Gasteiger partial charge in [0, 0.05) is 76.8 Å². The molecule has 12 nitrogen and oxygen atoms in total. The number of carbonyl (C=O) groups excluding carboxylic acids is 2. The molecule has 4 aliphatic rings. The van der Waals surface area contributed by atoms with Crippen molar-refractivity contribution in [3.8, 4) is 5.75 Å². The molecule has 0 saturated carbocycles. The van der Waals surface area contributed by atoms with Gasteiger partial charge in [0.05, 0.1) is 11.1 Å². The molecule has 2 aromatic carbocycles. The molecular formula is C34H47ClN6O6. The number of piperidine rings is 1. The summed E-state index contributed by atoms with van der Waals surface area (Å²) in [6.45, 7) is 8.37. The van der Waals surface area contributed by atoms with E-state index in [4.69, 9.17) is 27.2 Å². The highest BCUT2D eigenvalue weighted by Crippen LogP contribution is 2.29. The molecule has 13 heteroatoms. The number of hydrogen-bond donors (Lipinski definition) is 4. The molecule has 4 aliphatic heterocycles. The summed E-state index contributed by atoms with van der Waals surface area (Å²) in [4.78, 5) is 43.6. The first-order chi connectivity index (χ1) is 22.6. The summed E-state index contributed by atoms with van der Waals surface area (Å²) in [5.41, 5.74) is 9.76. The number of benzene rings is 2. The maximum Gasteiger partial charge on any atom is 0.407 e. The van der Waals surface area contributed by atoms with Crippen LogP contribution in [0.15, 0.2) is 36.4 Å². The molecule has 2 aromatic rings. The summed E-state index contributed by atoms with van der Waals surface area (Å²) in [7, 11) is 0. The lowest BCUT2D eigenvalue weighted by molar-refractivity contribution is -0.135. The molecule has 0 radical (unpaired) electrons. The molecule has 0 bridgehead atoms. The van der Waals surface area contributed by atoms with E-state index in [1.807, 2.05) is 40.1 Å². The van der Waals surface area contributed by atoms with Crippen molar-refractivity contribution in [2.45, 2.75) is 63.6 Å². The summed E-state index contributed by atoms with van der Waals surface area (Å²) in [5, 5.41) is 22.0. The fourth-order valence-corrected chi connectivity index (χ4v) is 7.26. The maximum absolute atomic E-state index is 12.7. The lowest BCUT2D eigenvalue weighted by atomic mass is 10.0. The number of carbonyl (C=O) groups is 3. The van der Waals surface area contributed by atoms with Gasteiger partial charge in [0.1, 0.15) is 5.75 Å². The molecule has 3 saturated heterocycles. The van der Waals surface area contributed by atoms with Gasteiger partial charge < -0.3 is 40.7 Å². The van der Waals surface area contributed by atoms with Crippen molar-refractivity contribution in [2.24, 2.45) is 5.73 Å². The van der Waals surface area contributed by atoms with Gasteiger partial charge in [0.25, 0.3) is 0 Å². The smallest absolute Gasteiger partial charge is 0.407 e. The second kappa shape index (κ2) is 16.0. The highest BCUT2D eigenvalue weighted by Gasteiger charge is 2.32. The number of fused-ring (bicyclic) bond motifs is 1. The van der Waals surface area contributed by atoms with Gasteiger partial charge in [-0.2, -0.15) is 0 Å². The highest BCUT2D eigenvalue weighted by atomic mass is 35.5. The number of aromatic hydroxyl groups is 1. The fourth-order valence-electron chi connectivity index (χ4n) is 6.97. The minimum atomic E-state index is -0.874. The predicted octanol–water partition coefficient (Wildman–Crippen LogP) is 3.77. The SMILES string of the molecule is Cc1cc(C[C@@H](N)C(=O)N2CCN(C3CCOCC3)CC2)cc(Cl)c1O.O=C(O)N1CCC(N2CCc3ccccc3NC2=O)CC1. The molecule has 47 heavy (non-hydrogen) atoms. The molecule has 6 rings (SSSR count). The summed E-state index contributed by atoms with van der Waals surface area (Å²) in [6.07, 6.45) is 3.93. The van der Waals surface area contributed by atoms with E-state index in [-0.39, 0.29) is 23.7 Å². The number of urea groups is 1. The van der Waals surface area contributed by atoms with Crippen molar-refractivity contribution in [2.75, 3.05) is 64.3 Å². The number of phenolic OH excluding ortho intramolecular Hbond substituents is 1. The van der Waals surface area contributed by atoms with Crippen molar-refractivity contribution in [3.05, 3.63) is 58.1 Å². The Kier molecular flexibility index (Phi) is 11.8. The second-order valence-corrected chi connectivity index (χ2v) is 13.2. The number of phenols is 1. The highest BCUT2D eigenvalue weighted by molar-refractivity contribution is 6.32. The van der Waals surface area contributed by atoms with E-state index in [1.54, 1.807) is 13.0 Å². The van der Waals surface area contributed by atoms with Gasteiger partial charge in [-0.25, -0.2) is 9.59 Å².